The van der Waals surface area contributed by atoms with Crippen LogP contribution in [0.4, 0.5) is 4.79 Å². The van der Waals surface area contributed by atoms with Gasteiger partial charge in [-0.15, -0.1) is 11.8 Å². The molecule has 2 N–H and O–H groups in total. The first kappa shape index (κ1) is 13.7. The summed E-state index contributed by atoms with van der Waals surface area (Å²) in [6, 6.07) is 8.76. The minimum atomic E-state index is -0.927. The van der Waals surface area contributed by atoms with Crippen LogP contribution in [0.25, 0.3) is 0 Å². The Hall–Kier alpha value is -1.69. The number of thioether (sulfide) groups is 1. The Labute approximate surface area is 116 Å². The molecule has 102 valence electrons. The smallest absolute Gasteiger partial charge is 0.326 e. The van der Waals surface area contributed by atoms with Crippen LogP contribution in [-0.4, -0.2) is 40.5 Å². The second-order valence-corrected chi connectivity index (χ2v) is 5.32. The molecule has 0 spiro atoms. The normalized spacial score (nSPS) is 18.3. The second kappa shape index (κ2) is 6.47. The lowest BCUT2D eigenvalue weighted by molar-refractivity contribution is -0.141. The molecular formula is C13H16N2O3S. The number of aliphatic carboxylic acids is 1. The topological polar surface area (TPSA) is 69.6 Å². The van der Waals surface area contributed by atoms with Crippen LogP contribution in [0.15, 0.2) is 35.2 Å². The summed E-state index contributed by atoms with van der Waals surface area (Å²) < 4.78 is 0. The van der Waals surface area contributed by atoms with Gasteiger partial charge in [-0.25, -0.2) is 9.59 Å². The predicted octanol–water partition coefficient (Wildman–Crippen LogP) is 1.99. The van der Waals surface area contributed by atoms with Crippen molar-refractivity contribution >= 4 is 23.8 Å². The first-order chi connectivity index (χ1) is 9.18. The van der Waals surface area contributed by atoms with Crippen LogP contribution in [0.3, 0.4) is 0 Å². The maximum absolute atomic E-state index is 11.9. The standard InChI is InChI=1S/C13H16N2O3S/c16-12(17)11-7-4-8-15(11)13(18)14-9-19-10-5-2-1-3-6-10/h1-3,5-6,11H,4,7-9H2,(H,14,18)(H,16,17)/t11-/m0/s1. The first-order valence-corrected chi connectivity index (χ1v) is 7.12. The predicted molar refractivity (Wildman–Crippen MR) is 73.1 cm³/mol. The number of rotatable bonds is 4. The summed E-state index contributed by atoms with van der Waals surface area (Å²) >= 11 is 1.51. The van der Waals surface area contributed by atoms with Gasteiger partial charge in [0.25, 0.3) is 0 Å². The number of carboxylic acids is 1. The molecule has 1 aromatic rings. The van der Waals surface area contributed by atoms with E-state index in [2.05, 4.69) is 5.32 Å². The van der Waals surface area contributed by atoms with E-state index >= 15 is 0 Å². The number of hydrogen-bond donors (Lipinski definition) is 2. The Balaban J connectivity index is 1.80. The van der Waals surface area contributed by atoms with E-state index in [1.54, 1.807) is 0 Å². The lowest BCUT2D eigenvalue weighted by Gasteiger charge is -2.21. The zero-order valence-electron chi connectivity index (χ0n) is 10.4. The van der Waals surface area contributed by atoms with Crippen molar-refractivity contribution in [3.8, 4) is 0 Å². The van der Waals surface area contributed by atoms with E-state index in [1.807, 2.05) is 30.3 Å². The molecule has 0 aliphatic carbocycles. The molecule has 2 rings (SSSR count). The van der Waals surface area contributed by atoms with Crippen molar-refractivity contribution in [3.05, 3.63) is 30.3 Å². The van der Waals surface area contributed by atoms with Gasteiger partial charge in [-0.1, -0.05) is 18.2 Å². The van der Waals surface area contributed by atoms with E-state index in [1.165, 1.54) is 16.7 Å². The Morgan fingerprint density at radius 3 is 2.79 bits per heavy atom. The quantitative estimate of drug-likeness (QED) is 0.653. The van der Waals surface area contributed by atoms with E-state index < -0.39 is 12.0 Å². The zero-order chi connectivity index (χ0) is 13.7. The molecule has 0 bridgehead atoms. The maximum atomic E-state index is 11.9. The van der Waals surface area contributed by atoms with Gasteiger partial charge < -0.3 is 15.3 Å². The van der Waals surface area contributed by atoms with E-state index in [9.17, 15) is 9.59 Å². The SMILES string of the molecule is O=C(O)[C@@H]1CCCN1C(=O)NCSc1ccccc1. The largest absolute Gasteiger partial charge is 0.480 e. The maximum Gasteiger partial charge on any atom is 0.326 e. The molecule has 1 aliphatic rings. The summed E-state index contributed by atoms with van der Waals surface area (Å²) in [6.45, 7) is 0.513. The molecule has 2 amide bonds. The summed E-state index contributed by atoms with van der Waals surface area (Å²) in [5, 5.41) is 11.8. The van der Waals surface area contributed by atoms with Gasteiger partial charge in [0, 0.05) is 11.4 Å². The number of carbonyl (C=O) groups is 2. The Kier molecular flexibility index (Phi) is 4.68. The highest BCUT2D eigenvalue weighted by molar-refractivity contribution is 7.99. The number of hydrogen-bond acceptors (Lipinski definition) is 3. The Morgan fingerprint density at radius 1 is 1.37 bits per heavy atom. The van der Waals surface area contributed by atoms with Gasteiger partial charge in [-0.2, -0.15) is 0 Å². The molecule has 5 nitrogen and oxygen atoms in total. The van der Waals surface area contributed by atoms with E-state index in [0.717, 1.165) is 11.3 Å². The van der Waals surface area contributed by atoms with Crippen molar-refractivity contribution in [2.45, 2.75) is 23.8 Å². The number of amides is 2. The summed E-state index contributed by atoms with van der Waals surface area (Å²) in [7, 11) is 0. The molecule has 1 aromatic carbocycles. The van der Waals surface area contributed by atoms with Crippen LogP contribution < -0.4 is 5.32 Å². The van der Waals surface area contributed by atoms with Crippen molar-refractivity contribution in [1.82, 2.24) is 10.2 Å². The Morgan fingerprint density at radius 2 is 2.11 bits per heavy atom. The summed E-state index contributed by atoms with van der Waals surface area (Å²) in [5.74, 6) is -0.491. The number of urea groups is 1. The first-order valence-electron chi connectivity index (χ1n) is 6.13. The minimum absolute atomic E-state index is 0.298. The molecule has 6 heteroatoms. The van der Waals surface area contributed by atoms with Gasteiger partial charge in [0.2, 0.25) is 0 Å². The van der Waals surface area contributed by atoms with Gasteiger partial charge >= 0.3 is 12.0 Å². The third-order valence-corrected chi connectivity index (χ3v) is 3.90. The number of carboxylic acid groups (broad SMARTS) is 1. The number of nitrogens with one attached hydrogen (secondary N) is 1. The van der Waals surface area contributed by atoms with E-state index in [4.69, 9.17) is 5.11 Å². The highest BCUT2D eigenvalue weighted by Crippen LogP contribution is 2.18. The third-order valence-electron chi connectivity index (χ3n) is 3.00. The highest BCUT2D eigenvalue weighted by atomic mass is 32.2. The number of likely N-dealkylation sites (tertiary alicyclic amines) is 1. The fourth-order valence-electron chi connectivity index (χ4n) is 2.07. The average Bonchev–Trinajstić information content (AvgIpc) is 2.89. The van der Waals surface area contributed by atoms with Crippen LogP contribution in [0.1, 0.15) is 12.8 Å². The van der Waals surface area contributed by atoms with E-state index in [0.29, 0.717) is 18.8 Å². The third kappa shape index (κ3) is 3.64. The van der Waals surface area contributed by atoms with Crippen LogP contribution in [0.2, 0.25) is 0 Å². The summed E-state index contributed by atoms with van der Waals surface area (Å²) in [5.41, 5.74) is 0. The van der Waals surface area contributed by atoms with Gasteiger partial charge in [-0.05, 0) is 25.0 Å². The van der Waals surface area contributed by atoms with Gasteiger partial charge in [0.15, 0.2) is 0 Å². The van der Waals surface area contributed by atoms with Crippen LogP contribution >= 0.6 is 11.8 Å². The van der Waals surface area contributed by atoms with Crippen LogP contribution in [-0.2, 0) is 4.79 Å². The van der Waals surface area contributed by atoms with E-state index in [-0.39, 0.29) is 6.03 Å². The number of carbonyl (C=O) groups excluding carboxylic acids is 1. The molecule has 0 aromatic heterocycles. The molecule has 1 atom stereocenters. The molecule has 1 saturated heterocycles. The fourth-order valence-corrected chi connectivity index (χ4v) is 2.78. The lowest BCUT2D eigenvalue weighted by Crippen LogP contribution is -2.45. The number of benzene rings is 1. The van der Waals surface area contributed by atoms with Crippen molar-refractivity contribution in [2.75, 3.05) is 12.4 Å². The second-order valence-electron chi connectivity index (χ2n) is 4.27. The highest BCUT2D eigenvalue weighted by Gasteiger charge is 2.33. The van der Waals surface area contributed by atoms with Gasteiger partial charge in [0.05, 0.1) is 5.88 Å². The molecular weight excluding hydrogens is 264 g/mol. The van der Waals surface area contributed by atoms with Crippen LogP contribution in [0.5, 0.6) is 0 Å². The minimum Gasteiger partial charge on any atom is -0.480 e. The Bertz CT molecular complexity index is 452. The van der Waals surface area contributed by atoms with Gasteiger partial charge in [0.1, 0.15) is 6.04 Å². The van der Waals surface area contributed by atoms with Crippen molar-refractivity contribution in [3.63, 3.8) is 0 Å². The molecule has 1 aliphatic heterocycles. The molecule has 0 unspecified atom stereocenters. The number of nitrogens with zero attached hydrogens (tertiary/aromatic N) is 1. The monoisotopic (exact) mass is 280 g/mol. The fraction of sp³-hybridized carbons (Fsp3) is 0.385. The summed E-state index contributed by atoms with van der Waals surface area (Å²) in [6.07, 6.45) is 1.28. The zero-order valence-corrected chi connectivity index (χ0v) is 11.2. The average molecular weight is 280 g/mol. The van der Waals surface area contributed by atoms with Crippen LogP contribution in [0, 0.1) is 0 Å². The van der Waals surface area contributed by atoms with Crippen molar-refractivity contribution in [1.29, 1.82) is 0 Å². The van der Waals surface area contributed by atoms with Crippen molar-refractivity contribution in [2.24, 2.45) is 0 Å². The molecule has 19 heavy (non-hydrogen) atoms. The summed E-state index contributed by atoms with van der Waals surface area (Å²) in [4.78, 5) is 25.3. The molecule has 0 radical (unpaired) electrons. The van der Waals surface area contributed by atoms with Gasteiger partial charge in [-0.3, -0.25) is 0 Å². The molecule has 1 heterocycles. The molecule has 1 fully saturated rings. The molecule has 0 saturated carbocycles. The van der Waals surface area contributed by atoms with Crippen molar-refractivity contribution < 1.29 is 14.7 Å². The lowest BCUT2D eigenvalue weighted by atomic mass is 10.2.